The van der Waals surface area contributed by atoms with E-state index >= 15 is 0 Å². The Morgan fingerprint density at radius 1 is 1.19 bits per heavy atom. The number of pyridine rings is 1. The molecule has 0 fully saturated rings. The Morgan fingerprint density at radius 3 is 2.57 bits per heavy atom. The summed E-state index contributed by atoms with van der Waals surface area (Å²) in [6, 6.07) is 10.9. The van der Waals surface area contributed by atoms with Crippen molar-refractivity contribution >= 4 is 11.7 Å². The van der Waals surface area contributed by atoms with Gasteiger partial charge in [0.1, 0.15) is 0 Å². The smallest absolute Gasteiger partial charge is 0.334 e. The first-order chi connectivity index (χ1) is 10.1. The van der Waals surface area contributed by atoms with E-state index < -0.39 is 11.9 Å². The molecule has 0 saturated heterocycles. The van der Waals surface area contributed by atoms with Crippen LogP contribution in [0.15, 0.2) is 58.7 Å². The van der Waals surface area contributed by atoms with E-state index in [0.717, 1.165) is 5.56 Å². The predicted molar refractivity (Wildman–Crippen MR) is 79.3 cm³/mol. The van der Waals surface area contributed by atoms with Crippen LogP contribution in [0.2, 0.25) is 0 Å². The van der Waals surface area contributed by atoms with Crippen LogP contribution in [0.4, 0.5) is 5.69 Å². The van der Waals surface area contributed by atoms with Crippen LogP contribution in [0.3, 0.4) is 0 Å². The van der Waals surface area contributed by atoms with Crippen LogP contribution >= 0.6 is 0 Å². The van der Waals surface area contributed by atoms with Crippen molar-refractivity contribution in [1.29, 1.82) is 0 Å². The van der Waals surface area contributed by atoms with E-state index in [1.807, 2.05) is 30.3 Å². The van der Waals surface area contributed by atoms with Gasteiger partial charge in [-0.1, -0.05) is 30.3 Å². The van der Waals surface area contributed by atoms with Crippen molar-refractivity contribution in [2.45, 2.75) is 12.8 Å². The normalized spacial score (nSPS) is 17.1. The summed E-state index contributed by atoms with van der Waals surface area (Å²) in [6.45, 7) is 1.71. The summed E-state index contributed by atoms with van der Waals surface area (Å²) in [5, 5.41) is 12.6. The maximum absolute atomic E-state index is 12.2. The molecule has 0 aliphatic carbocycles. The molecule has 1 aliphatic rings. The molecule has 3 rings (SSSR count). The summed E-state index contributed by atoms with van der Waals surface area (Å²) in [7, 11) is 0. The summed E-state index contributed by atoms with van der Waals surface area (Å²) >= 11 is 0. The number of hydrogen-bond acceptors (Lipinski definition) is 3. The highest BCUT2D eigenvalue weighted by atomic mass is 16.4. The highest BCUT2D eigenvalue weighted by molar-refractivity contribution is 5.93. The topological polar surface area (TPSA) is 82.2 Å². The molecule has 0 spiro atoms. The van der Waals surface area contributed by atoms with Gasteiger partial charge in [0.05, 0.1) is 17.1 Å². The van der Waals surface area contributed by atoms with E-state index in [9.17, 15) is 14.7 Å². The van der Waals surface area contributed by atoms with Crippen LogP contribution in [-0.2, 0) is 4.79 Å². The van der Waals surface area contributed by atoms with Gasteiger partial charge in [0, 0.05) is 17.6 Å². The molecule has 21 heavy (non-hydrogen) atoms. The summed E-state index contributed by atoms with van der Waals surface area (Å²) in [5.74, 6) is -1.60. The molecule has 1 aromatic carbocycles. The van der Waals surface area contributed by atoms with Gasteiger partial charge in [0.15, 0.2) is 0 Å². The largest absolute Gasteiger partial charge is 0.478 e. The van der Waals surface area contributed by atoms with E-state index in [1.165, 1.54) is 0 Å². The number of nitrogens with one attached hydrogen (secondary N) is 2. The molecule has 1 aliphatic heterocycles. The second-order valence-electron chi connectivity index (χ2n) is 4.95. The van der Waals surface area contributed by atoms with Crippen LogP contribution < -0.4 is 10.9 Å². The Kier molecular flexibility index (Phi) is 3.10. The van der Waals surface area contributed by atoms with Gasteiger partial charge in [-0.05, 0) is 18.6 Å². The number of carboxylic acids is 1. The zero-order valence-electron chi connectivity index (χ0n) is 11.4. The average molecular weight is 282 g/mol. The lowest BCUT2D eigenvalue weighted by Crippen LogP contribution is -2.28. The predicted octanol–water partition coefficient (Wildman–Crippen LogP) is 2.29. The third kappa shape index (κ3) is 2.12. The lowest BCUT2D eigenvalue weighted by molar-refractivity contribution is -0.132. The highest BCUT2D eigenvalue weighted by Crippen LogP contribution is 2.39. The molecular weight excluding hydrogens is 268 g/mol. The standard InChI is InChI=1S/C16H14N2O3/c1-9-12(16(20)21)13(10-5-3-2-4-6-10)14-11(18-9)7-8-17-15(14)19/h2-8,13,18H,1H3,(H,17,19)(H,20,21). The van der Waals surface area contributed by atoms with Gasteiger partial charge in [-0.25, -0.2) is 4.79 Å². The van der Waals surface area contributed by atoms with E-state index in [2.05, 4.69) is 10.3 Å². The first-order valence-corrected chi connectivity index (χ1v) is 6.57. The number of carboxylic acid groups (broad SMARTS) is 1. The molecule has 1 unspecified atom stereocenters. The van der Waals surface area contributed by atoms with E-state index in [0.29, 0.717) is 16.9 Å². The molecule has 0 bridgehead atoms. The van der Waals surface area contributed by atoms with Crippen molar-refractivity contribution < 1.29 is 9.90 Å². The molecule has 2 heterocycles. The first-order valence-electron chi connectivity index (χ1n) is 6.57. The van der Waals surface area contributed by atoms with E-state index in [4.69, 9.17) is 0 Å². The fourth-order valence-corrected chi connectivity index (χ4v) is 2.78. The number of hydrogen-bond donors (Lipinski definition) is 3. The summed E-state index contributed by atoms with van der Waals surface area (Å²) in [5.41, 5.74) is 2.34. The van der Waals surface area contributed by atoms with Gasteiger partial charge in [0.25, 0.3) is 5.56 Å². The highest BCUT2D eigenvalue weighted by Gasteiger charge is 2.33. The summed E-state index contributed by atoms with van der Waals surface area (Å²) in [4.78, 5) is 26.5. The van der Waals surface area contributed by atoms with Crippen LogP contribution in [0, 0.1) is 0 Å². The Balaban J connectivity index is 2.31. The molecule has 1 atom stereocenters. The van der Waals surface area contributed by atoms with Gasteiger partial charge < -0.3 is 15.4 Å². The molecule has 0 amide bonds. The molecule has 0 saturated carbocycles. The minimum Gasteiger partial charge on any atom is -0.478 e. The minimum atomic E-state index is -1.03. The van der Waals surface area contributed by atoms with Crippen molar-refractivity contribution in [2.24, 2.45) is 0 Å². The third-order valence-electron chi connectivity index (χ3n) is 3.67. The summed E-state index contributed by atoms with van der Waals surface area (Å²) < 4.78 is 0. The molecule has 1 aromatic heterocycles. The number of anilines is 1. The Hall–Kier alpha value is -2.82. The van der Waals surface area contributed by atoms with Gasteiger partial charge in [0.2, 0.25) is 0 Å². The quantitative estimate of drug-likeness (QED) is 0.789. The Morgan fingerprint density at radius 2 is 1.90 bits per heavy atom. The number of aromatic nitrogens is 1. The molecule has 5 nitrogen and oxygen atoms in total. The number of fused-ring (bicyclic) bond motifs is 1. The SMILES string of the molecule is CC1=C(C(=O)O)C(c2ccccc2)c2c(cc[nH]c2=O)N1. The molecular formula is C16H14N2O3. The number of aliphatic carboxylic acids is 1. The van der Waals surface area contributed by atoms with Gasteiger partial charge >= 0.3 is 5.97 Å². The van der Waals surface area contributed by atoms with Crippen LogP contribution in [0.5, 0.6) is 0 Å². The zero-order valence-corrected chi connectivity index (χ0v) is 11.4. The zero-order chi connectivity index (χ0) is 15.0. The van der Waals surface area contributed by atoms with Gasteiger partial charge in [-0.3, -0.25) is 4.79 Å². The molecule has 0 radical (unpaired) electrons. The maximum atomic E-state index is 12.2. The number of benzene rings is 1. The number of carbonyl (C=O) groups is 1. The second kappa shape index (κ2) is 4.94. The number of H-pyrrole nitrogens is 1. The van der Waals surface area contributed by atoms with Crippen LogP contribution in [0.25, 0.3) is 0 Å². The molecule has 5 heteroatoms. The van der Waals surface area contributed by atoms with Crippen molar-refractivity contribution in [3.8, 4) is 0 Å². The maximum Gasteiger partial charge on any atom is 0.334 e. The summed E-state index contributed by atoms with van der Waals surface area (Å²) in [6.07, 6.45) is 1.55. The third-order valence-corrected chi connectivity index (χ3v) is 3.67. The van der Waals surface area contributed by atoms with E-state index in [-0.39, 0.29) is 11.1 Å². The minimum absolute atomic E-state index is 0.199. The van der Waals surface area contributed by atoms with Crippen molar-refractivity contribution in [3.63, 3.8) is 0 Å². The van der Waals surface area contributed by atoms with E-state index in [1.54, 1.807) is 19.2 Å². The van der Waals surface area contributed by atoms with Crippen molar-refractivity contribution in [2.75, 3.05) is 5.32 Å². The van der Waals surface area contributed by atoms with Crippen LogP contribution in [-0.4, -0.2) is 16.1 Å². The molecule has 3 N–H and O–H groups in total. The second-order valence-corrected chi connectivity index (χ2v) is 4.95. The Bertz CT molecular complexity index is 791. The van der Waals surface area contributed by atoms with Crippen LogP contribution in [0.1, 0.15) is 24.0 Å². The van der Waals surface area contributed by atoms with Crippen molar-refractivity contribution in [3.05, 3.63) is 75.3 Å². The van der Waals surface area contributed by atoms with Crippen molar-refractivity contribution in [1.82, 2.24) is 4.98 Å². The fourth-order valence-electron chi connectivity index (χ4n) is 2.78. The lowest BCUT2D eigenvalue weighted by Gasteiger charge is -2.28. The average Bonchev–Trinajstić information content (AvgIpc) is 2.46. The van der Waals surface area contributed by atoms with Gasteiger partial charge in [-0.15, -0.1) is 0 Å². The fraction of sp³-hybridized carbons (Fsp3) is 0.125. The molecule has 2 aromatic rings. The monoisotopic (exact) mass is 282 g/mol. The number of allylic oxidation sites excluding steroid dienone is 1. The number of aromatic amines is 1. The number of rotatable bonds is 2. The Labute approximate surface area is 121 Å². The lowest BCUT2D eigenvalue weighted by atomic mass is 9.81. The molecule has 106 valence electrons. The van der Waals surface area contributed by atoms with Gasteiger partial charge in [-0.2, -0.15) is 0 Å². The first kappa shape index (κ1) is 13.2.